The van der Waals surface area contributed by atoms with Crippen molar-refractivity contribution in [2.75, 3.05) is 23.7 Å². The average molecular weight is 613 g/mol. The number of aryl methyl sites for hydroxylation is 3. The summed E-state index contributed by atoms with van der Waals surface area (Å²) in [5.41, 5.74) is 5.88. The quantitative estimate of drug-likeness (QED) is 0.225. The summed E-state index contributed by atoms with van der Waals surface area (Å²) in [4.78, 5) is 23.1. The van der Waals surface area contributed by atoms with E-state index in [1.54, 1.807) is 24.3 Å². The van der Waals surface area contributed by atoms with Crippen LogP contribution >= 0.6 is 11.8 Å². The number of nitrogens with one attached hydrogen (secondary N) is 1. The van der Waals surface area contributed by atoms with Crippen LogP contribution in [0.5, 0.6) is 5.75 Å². The van der Waals surface area contributed by atoms with Gasteiger partial charge in [0.2, 0.25) is 0 Å². The molecule has 0 bridgehead atoms. The minimum Gasteiger partial charge on any atom is -0.406 e. The van der Waals surface area contributed by atoms with Gasteiger partial charge in [-0.25, -0.2) is 18.9 Å². The normalized spacial score (nSPS) is 15.1. The fourth-order valence-corrected chi connectivity index (χ4v) is 5.82. The maximum atomic E-state index is 15.0. The van der Waals surface area contributed by atoms with Gasteiger partial charge >= 0.3 is 12.4 Å². The molecule has 1 aliphatic heterocycles. The Morgan fingerprint density at radius 2 is 1.74 bits per heavy atom. The van der Waals surface area contributed by atoms with Crippen LogP contribution in [0.4, 0.5) is 28.0 Å². The number of alkyl halides is 4. The number of amides is 2. The summed E-state index contributed by atoms with van der Waals surface area (Å²) in [6.45, 7) is 6.60. The molecule has 1 N–H and O–H groups in total. The van der Waals surface area contributed by atoms with E-state index in [-0.39, 0.29) is 12.3 Å². The van der Waals surface area contributed by atoms with Crippen LogP contribution in [-0.2, 0) is 0 Å². The predicted octanol–water partition coefficient (Wildman–Crippen LogP) is 7.09. The van der Waals surface area contributed by atoms with Crippen LogP contribution in [0.2, 0.25) is 0 Å². The van der Waals surface area contributed by atoms with Crippen LogP contribution in [0.3, 0.4) is 0 Å². The number of benzene rings is 3. The molecule has 8 nitrogen and oxygen atoms in total. The number of nitrogens with zero attached hydrogens (tertiary/aromatic N) is 5. The zero-order valence-corrected chi connectivity index (χ0v) is 24.3. The molecule has 1 fully saturated rings. The van der Waals surface area contributed by atoms with Gasteiger partial charge in [0.1, 0.15) is 18.2 Å². The Hall–Kier alpha value is -4.39. The second-order valence-electron chi connectivity index (χ2n) is 9.97. The first-order valence-corrected chi connectivity index (χ1v) is 14.3. The highest BCUT2D eigenvalue weighted by Gasteiger charge is 2.31. The van der Waals surface area contributed by atoms with E-state index in [0.29, 0.717) is 27.8 Å². The number of halogens is 4. The third-order valence-corrected chi connectivity index (χ3v) is 7.63. The van der Waals surface area contributed by atoms with Crippen LogP contribution in [-0.4, -0.2) is 51.2 Å². The summed E-state index contributed by atoms with van der Waals surface area (Å²) in [6.07, 6.45) is -4.82. The average Bonchev–Trinajstić information content (AvgIpc) is 3.61. The van der Waals surface area contributed by atoms with Gasteiger partial charge < -0.3 is 15.0 Å². The number of ether oxygens (including phenoxy) is 1. The zero-order chi connectivity index (χ0) is 30.7. The number of amidine groups is 1. The molecule has 0 aliphatic carbocycles. The number of aromatic nitrogens is 3. The van der Waals surface area contributed by atoms with Gasteiger partial charge in [-0.3, -0.25) is 0 Å². The van der Waals surface area contributed by atoms with E-state index in [4.69, 9.17) is 0 Å². The number of hydrogen-bond donors (Lipinski definition) is 1. The minimum atomic E-state index is -4.77. The Kier molecular flexibility index (Phi) is 8.71. The fraction of sp³-hybridized carbons (Fsp3) is 0.267. The lowest BCUT2D eigenvalue weighted by Gasteiger charge is -2.23. The SMILES string of the molecule is Cc1cc(C)c(N2CCSC2=NC(=O)NCC(F)c2ccc(-c3ncn(-c4ccc(OC(F)(F)F)cc4)n3)cc2)c(C)c1. The van der Waals surface area contributed by atoms with E-state index in [0.717, 1.165) is 29.1 Å². The summed E-state index contributed by atoms with van der Waals surface area (Å²) in [7, 11) is 0. The summed E-state index contributed by atoms with van der Waals surface area (Å²) in [5, 5.41) is 7.50. The molecule has 1 atom stereocenters. The first kappa shape index (κ1) is 30.1. The zero-order valence-electron chi connectivity index (χ0n) is 23.5. The predicted molar refractivity (Wildman–Crippen MR) is 159 cm³/mol. The lowest BCUT2D eigenvalue weighted by atomic mass is 10.0. The highest BCUT2D eigenvalue weighted by Crippen LogP contribution is 2.32. The number of hydrogen-bond acceptors (Lipinski definition) is 5. The van der Waals surface area contributed by atoms with Crippen molar-refractivity contribution < 1.29 is 27.1 Å². The monoisotopic (exact) mass is 612 g/mol. The molecule has 3 aromatic carbocycles. The molecular formula is C30H28F4N6O2S. The second kappa shape index (κ2) is 12.5. The molecule has 0 radical (unpaired) electrons. The van der Waals surface area contributed by atoms with Gasteiger partial charge in [0, 0.05) is 23.5 Å². The van der Waals surface area contributed by atoms with E-state index < -0.39 is 18.6 Å². The molecule has 224 valence electrons. The molecule has 2 amide bonds. The first-order chi connectivity index (χ1) is 20.5. The van der Waals surface area contributed by atoms with Crippen molar-refractivity contribution in [1.82, 2.24) is 20.1 Å². The first-order valence-electron chi connectivity index (χ1n) is 13.3. The summed E-state index contributed by atoms with van der Waals surface area (Å²) in [5.74, 6) is 0.801. The van der Waals surface area contributed by atoms with E-state index >= 15 is 0 Å². The number of carbonyl (C=O) groups is 1. The van der Waals surface area contributed by atoms with E-state index in [1.165, 1.54) is 52.6 Å². The third kappa shape index (κ3) is 7.34. The van der Waals surface area contributed by atoms with Gasteiger partial charge in [0.05, 0.1) is 12.2 Å². The lowest BCUT2D eigenvalue weighted by molar-refractivity contribution is -0.274. The summed E-state index contributed by atoms with van der Waals surface area (Å²) >= 11 is 1.49. The van der Waals surface area contributed by atoms with Crippen molar-refractivity contribution in [3.8, 4) is 22.8 Å². The van der Waals surface area contributed by atoms with E-state index in [9.17, 15) is 22.4 Å². The van der Waals surface area contributed by atoms with Crippen LogP contribution in [0.15, 0.2) is 72.0 Å². The number of thioether (sulfide) groups is 1. The fourth-order valence-electron chi connectivity index (χ4n) is 4.88. The van der Waals surface area contributed by atoms with Gasteiger partial charge in [0.25, 0.3) is 0 Å². The largest absolute Gasteiger partial charge is 0.573 e. The van der Waals surface area contributed by atoms with Crippen LogP contribution in [0.1, 0.15) is 28.4 Å². The Labute approximate surface area is 249 Å². The summed E-state index contributed by atoms with van der Waals surface area (Å²) < 4.78 is 57.4. The molecule has 1 aliphatic rings. The van der Waals surface area contributed by atoms with Gasteiger partial charge in [-0.05, 0) is 61.7 Å². The molecule has 4 aromatic rings. The highest BCUT2D eigenvalue weighted by molar-refractivity contribution is 8.14. The standard InChI is InChI=1S/C30H28F4N6O2S/c1-18-14-19(2)26(20(3)15-18)39-12-13-43-29(39)37-28(41)35-16-25(31)21-4-6-22(7-5-21)27-36-17-40(38-27)23-8-10-24(11-9-23)42-30(32,33)34/h4-11,14-15,17,25H,12-13,16H2,1-3H3,(H,35,41). The number of rotatable bonds is 7. The molecule has 13 heteroatoms. The molecule has 5 rings (SSSR count). The molecule has 1 saturated heterocycles. The van der Waals surface area contributed by atoms with Crippen LogP contribution in [0.25, 0.3) is 17.1 Å². The third-order valence-electron chi connectivity index (χ3n) is 6.67. The van der Waals surface area contributed by atoms with Gasteiger partial charge in [-0.2, -0.15) is 4.99 Å². The molecule has 1 unspecified atom stereocenters. The molecule has 0 saturated carbocycles. The maximum Gasteiger partial charge on any atom is 0.573 e. The lowest BCUT2D eigenvalue weighted by Crippen LogP contribution is -2.30. The number of aliphatic imine (C=N–C) groups is 1. The number of carbonyl (C=O) groups excluding carboxylic acids is 1. The minimum absolute atomic E-state index is 0.247. The highest BCUT2D eigenvalue weighted by atomic mass is 32.2. The molecule has 43 heavy (non-hydrogen) atoms. The Morgan fingerprint density at radius 3 is 2.40 bits per heavy atom. The Morgan fingerprint density at radius 1 is 1.07 bits per heavy atom. The van der Waals surface area contributed by atoms with Crippen LogP contribution in [0, 0.1) is 20.8 Å². The van der Waals surface area contributed by atoms with Crippen LogP contribution < -0.4 is 15.0 Å². The second-order valence-corrected chi connectivity index (χ2v) is 11.0. The molecule has 1 aromatic heterocycles. The molecular weight excluding hydrogens is 584 g/mol. The number of anilines is 1. The Balaban J connectivity index is 1.18. The smallest absolute Gasteiger partial charge is 0.406 e. The van der Waals surface area contributed by atoms with Crippen molar-refractivity contribution in [3.63, 3.8) is 0 Å². The van der Waals surface area contributed by atoms with Crippen molar-refractivity contribution in [3.05, 3.63) is 89.2 Å². The topological polar surface area (TPSA) is 84.6 Å². The van der Waals surface area contributed by atoms with Crippen molar-refractivity contribution >= 4 is 28.6 Å². The van der Waals surface area contributed by atoms with Gasteiger partial charge in [-0.1, -0.05) is 53.7 Å². The van der Waals surface area contributed by atoms with Crippen molar-refractivity contribution in [2.45, 2.75) is 33.3 Å². The van der Waals surface area contributed by atoms with Crippen molar-refractivity contribution in [1.29, 1.82) is 0 Å². The molecule has 0 spiro atoms. The molecule has 2 heterocycles. The van der Waals surface area contributed by atoms with Gasteiger partial charge in [-0.15, -0.1) is 18.3 Å². The maximum absolute atomic E-state index is 15.0. The van der Waals surface area contributed by atoms with Crippen molar-refractivity contribution in [2.24, 2.45) is 4.99 Å². The van der Waals surface area contributed by atoms with Gasteiger partial charge in [0.15, 0.2) is 11.0 Å². The number of urea groups is 1. The van der Waals surface area contributed by atoms with E-state index in [2.05, 4.69) is 37.3 Å². The summed E-state index contributed by atoms with van der Waals surface area (Å²) in [6, 6.07) is 15.3. The van der Waals surface area contributed by atoms with E-state index in [1.807, 2.05) is 25.7 Å². The Bertz CT molecular complexity index is 1610.